The van der Waals surface area contributed by atoms with E-state index in [2.05, 4.69) is 5.10 Å². The molecule has 0 fully saturated rings. The zero-order valence-corrected chi connectivity index (χ0v) is 14.1. The third kappa shape index (κ3) is 3.54. The van der Waals surface area contributed by atoms with E-state index in [1.54, 1.807) is 11.3 Å². The van der Waals surface area contributed by atoms with Gasteiger partial charge in [0.1, 0.15) is 0 Å². The largest absolute Gasteiger partial charge is 0.481 e. The summed E-state index contributed by atoms with van der Waals surface area (Å²) < 4.78 is 0. The Bertz CT molecular complexity index is 766. The number of aryl methyl sites for hydroxylation is 1. The van der Waals surface area contributed by atoms with Crippen LogP contribution in [0.25, 0.3) is 0 Å². The number of thiophene rings is 1. The Balaban J connectivity index is 1.87. The maximum atomic E-state index is 12.5. The van der Waals surface area contributed by atoms with Crippen LogP contribution in [0.3, 0.4) is 0 Å². The van der Waals surface area contributed by atoms with Crippen molar-refractivity contribution in [1.29, 1.82) is 0 Å². The number of benzene rings is 1. The number of hydrogen-bond donors (Lipinski definition) is 1. The second-order valence-corrected chi connectivity index (χ2v) is 6.73. The van der Waals surface area contributed by atoms with Gasteiger partial charge < -0.3 is 5.11 Å². The molecule has 1 atom stereocenters. The van der Waals surface area contributed by atoms with E-state index in [1.165, 1.54) is 5.01 Å². The van der Waals surface area contributed by atoms with Crippen molar-refractivity contribution in [2.24, 2.45) is 5.10 Å². The standard InChI is InChI=1S/C18H18N2O3S/c1-12-4-6-13(7-5-12)15-11-14(16-3-2-10-24-16)19-20(15)17(21)8-9-18(22)23/h2-7,10,15H,8-9,11H2,1H3,(H,22,23)/t15-/m0/s1. The summed E-state index contributed by atoms with van der Waals surface area (Å²) in [4.78, 5) is 24.3. The first-order valence-corrected chi connectivity index (χ1v) is 8.64. The molecule has 0 unspecified atom stereocenters. The summed E-state index contributed by atoms with van der Waals surface area (Å²) in [5, 5.41) is 16.8. The average molecular weight is 342 g/mol. The first-order valence-electron chi connectivity index (χ1n) is 7.76. The van der Waals surface area contributed by atoms with Crippen LogP contribution in [-0.4, -0.2) is 27.7 Å². The Kier molecular flexibility index (Phi) is 4.76. The van der Waals surface area contributed by atoms with Crippen LogP contribution in [0.15, 0.2) is 46.9 Å². The molecule has 0 radical (unpaired) electrons. The third-order valence-electron chi connectivity index (χ3n) is 3.99. The first-order chi connectivity index (χ1) is 11.5. The van der Waals surface area contributed by atoms with E-state index < -0.39 is 5.97 Å². The quantitative estimate of drug-likeness (QED) is 0.902. The summed E-state index contributed by atoms with van der Waals surface area (Å²) in [5.74, 6) is -1.23. The van der Waals surface area contributed by atoms with E-state index in [9.17, 15) is 9.59 Å². The van der Waals surface area contributed by atoms with Crippen LogP contribution in [0.2, 0.25) is 0 Å². The third-order valence-corrected chi connectivity index (χ3v) is 4.91. The first kappa shape index (κ1) is 16.4. The van der Waals surface area contributed by atoms with Crippen molar-refractivity contribution in [2.75, 3.05) is 0 Å². The molecule has 2 heterocycles. The van der Waals surface area contributed by atoms with E-state index in [0.29, 0.717) is 6.42 Å². The maximum Gasteiger partial charge on any atom is 0.303 e. The molecule has 0 bridgehead atoms. The van der Waals surface area contributed by atoms with Crippen LogP contribution >= 0.6 is 11.3 Å². The van der Waals surface area contributed by atoms with Crippen LogP contribution in [0, 0.1) is 6.92 Å². The van der Waals surface area contributed by atoms with E-state index in [-0.39, 0.29) is 24.8 Å². The number of carboxylic acid groups (broad SMARTS) is 1. The maximum absolute atomic E-state index is 12.5. The van der Waals surface area contributed by atoms with Crippen LogP contribution in [0.4, 0.5) is 0 Å². The van der Waals surface area contributed by atoms with Crippen molar-refractivity contribution < 1.29 is 14.7 Å². The van der Waals surface area contributed by atoms with Gasteiger partial charge in [0.15, 0.2) is 0 Å². The number of aliphatic carboxylic acids is 1. The summed E-state index contributed by atoms with van der Waals surface area (Å²) >= 11 is 1.59. The summed E-state index contributed by atoms with van der Waals surface area (Å²) in [6.45, 7) is 2.02. The molecular formula is C18H18N2O3S. The summed E-state index contributed by atoms with van der Waals surface area (Å²) in [6.07, 6.45) is 0.418. The average Bonchev–Trinajstić information content (AvgIpc) is 3.22. The number of hydrogen-bond acceptors (Lipinski definition) is 4. The fraction of sp³-hybridized carbons (Fsp3) is 0.278. The lowest BCUT2D eigenvalue weighted by atomic mass is 10.00. The highest BCUT2D eigenvalue weighted by molar-refractivity contribution is 7.12. The molecule has 2 aromatic rings. The number of carbonyl (C=O) groups is 2. The van der Waals surface area contributed by atoms with Gasteiger partial charge in [-0.15, -0.1) is 11.3 Å². The van der Waals surface area contributed by atoms with Crippen molar-refractivity contribution in [3.63, 3.8) is 0 Å². The van der Waals surface area contributed by atoms with Crippen molar-refractivity contribution in [1.82, 2.24) is 5.01 Å². The fourth-order valence-corrected chi connectivity index (χ4v) is 3.43. The molecule has 1 N–H and O–H groups in total. The molecule has 0 spiro atoms. The number of hydrazone groups is 1. The molecule has 124 valence electrons. The van der Waals surface area contributed by atoms with Gasteiger partial charge in [-0.2, -0.15) is 5.10 Å². The lowest BCUT2D eigenvalue weighted by Crippen LogP contribution is -2.27. The normalized spacial score (nSPS) is 17.0. The minimum atomic E-state index is -0.975. The van der Waals surface area contributed by atoms with Crippen LogP contribution < -0.4 is 0 Å². The highest BCUT2D eigenvalue weighted by Crippen LogP contribution is 2.34. The predicted octanol–water partition coefficient (Wildman–Crippen LogP) is 3.60. The molecule has 24 heavy (non-hydrogen) atoms. The van der Waals surface area contributed by atoms with Gasteiger partial charge in [0.05, 0.1) is 23.1 Å². The van der Waals surface area contributed by atoms with Crippen molar-refractivity contribution >= 4 is 28.9 Å². The number of carboxylic acids is 1. The van der Waals surface area contributed by atoms with Gasteiger partial charge in [-0.3, -0.25) is 9.59 Å². The molecule has 1 amide bonds. The molecule has 1 aromatic carbocycles. The Morgan fingerprint density at radius 2 is 2.00 bits per heavy atom. The van der Waals surface area contributed by atoms with Gasteiger partial charge in [-0.05, 0) is 23.9 Å². The topological polar surface area (TPSA) is 70.0 Å². The zero-order valence-electron chi connectivity index (χ0n) is 13.3. The summed E-state index contributed by atoms with van der Waals surface area (Å²) in [5.41, 5.74) is 3.04. The van der Waals surface area contributed by atoms with Gasteiger partial charge in [-0.25, -0.2) is 5.01 Å². The highest BCUT2D eigenvalue weighted by Gasteiger charge is 2.33. The van der Waals surface area contributed by atoms with Gasteiger partial charge in [0, 0.05) is 12.8 Å². The lowest BCUT2D eigenvalue weighted by Gasteiger charge is -2.22. The SMILES string of the molecule is Cc1ccc([C@@H]2CC(c3cccs3)=NN2C(=O)CCC(=O)O)cc1. The van der Waals surface area contributed by atoms with Gasteiger partial charge >= 0.3 is 5.97 Å². The zero-order chi connectivity index (χ0) is 17.1. The smallest absolute Gasteiger partial charge is 0.303 e. The molecule has 3 rings (SSSR count). The number of rotatable bonds is 5. The summed E-state index contributed by atoms with van der Waals surface area (Å²) in [6, 6.07) is 11.8. The fourth-order valence-electron chi connectivity index (χ4n) is 2.71. The number of nitrogens with zero attached hydrogens (tertiary/aromatic N) is 2. The monoisotopic (exact) mass is 342 g/mol. The number of amides is 1. The minimum absolute atomic E-state index is 0.0427. The Morgan fingerprint density at radius 1 is 1.25 bits per heavy atom. The second kappa shape index (κ2) is 6.97. The molecule has 0 saturated carbocycles. The molecular weight excluding hydrogens is 324 g/mol. The molecule has 0 aliphatic carbocycles. The van der Waals surface area contributed by atoms with Crippen LogP contribution in [0.5, 0.6) is 0 Å². The van der Waals surface area contributed by atoms with Crippen molar-refractivity contribution in [3.05, 3.63) is 57.8 Å². The molecule has 1 aliphatic heterocycles. The van der Waals surface area contributed by atoms with E-state index in [0.717, 1.165) is 21.7 Å². The van der Waals surface area contributed by atoms with Crippen LogP contribution in [-0.2, 0) is 9.59 Å². The summed E-state index contributed by atoms with van der Waals surface area (Å²) in [7, 11) is 0. The molecule has 1 aromatic heterocycles. The van der Waals surface area contributed by atoms with Gasteiger partial charge in [0.2, 0.25) is 5.91 Å². The molecule has 1 aliphatic rings. The Labute approximate surface area is 144 Å². The van der Waals surface area contributed by atoms with Crippen molar-refractivity contribution in [2.45, 2.75) is 32.2 Å². The van der Waals surface area contributed by atoms with Gasteiger partial charge in [-0.1, -0.05) is 35.9 Å². The van der Waals surface area contributed by atoms with Gasteiger partial charge in [0.25, 0.3) is 0 Å². The molecule has 5 nitrogen and oxygen atoms in total. The Morgan fingerprint density at radius 3 is 2.62 bits per heavy atom. The highest BCUT2D eigenvalue weighted by atomic mass is 32.1. The van der Waals surface area contributed by atoms with E-state index >= 15 is 0 Å². The van der Waals surface area contributed by atoms with Crippen LogP contribution in [0.1, 0.15) is 41.3 Å². The minimum Gasteiger partial charge on any atom is -0.481 e. The molecule has 6 heteroatoms. The molecule has 0 saturated heterocycles. The second-order valence-electron chi connectivity index (χ2n) is 5.79. The predicted molar refractivity (Wildman–Crippen MR) is 93.1 cm³/mol. The van der Waals surface area contributed by atoms with E-state index in [1.807, 2.05) is 48.7 Å². The Hall–Kier alpha value is -2.47. The lowest BCUT2D eigenvalue weighted by molar-refractivity contribution is -0.141. The van der Waals surface area contributed by atoms with E-state index in [4.69, 9.17) is 5.11 Å². The van der Waals surface area contributed by atoms with Crippen molar-refractivity contribution in [3.8, 4) is 0 Å². The number of carbonyl (C=O) groups excluding carboxylic acids is 1.